The van der Waals surface area contributed by atoms with E-state index in [-0.39, 0.29) is 17.9 Å². The first kappa shape index (κ1) is 21.8. The molecule has 31 heavy (non-hydrogen) atoms. The summed E-state index contributed by atoms with van der Waals surface area (Å²) in [5, 5.41) is 3.84. The van der Waals surface area contributed by atoms with Gasteiger partial charge in [-0.2, -0.15) is 13.2 Å². The Balaban J connectivity index is 1.58. The standard InChI is InChI=1S/C20H17F3N4O4/c1-11-16(12(2)31-27-11)10-30-15-5-3-4-13(8-15)18(28)25-26-19(29)17-7-6-14(9-24-17)20(21,22)23/h3-9H,10H2,1-2H3,(H,25,28)(H,26,29). The molecule has 0 fully saturated rings. The third kappa shape index (κ3) is 5.38. The van der Waals surface area contributed by atoms with Crippen molar-refractivity contribution < 1.29 is 32.0 Å². The number of carbonyl (C=O) groups is 2. The summed E-state index contributed by atoms with van der Waals surface area (Å²) in [6, 6.07) is 7.85. The summed E-state index contributed by atoms with van der Waals surface area (Å²) in [6.07, 6.45) is -4.02. The number of aryl methyl sites for hydroxylation is 2. The van der Waals surface area contributed by atoms with Gasteiger partial charge in [0.2, 0.25) is 0 Å². The molecular formula is C20H17F3N4O4. The van der Waals surface area contributed by atoms with Crippen LogP contribution in [-0.2, 0) is 12.8 Å². The molecule has 8 nitrogen and oxygen atoms in total. The second kappa shape index (κ2) is 8.86. The first-order valence-electron chi connectivity index (χ1n) is 8.93. The molecule has 0 radical (unpaired) electrons. The number of rotatable bonds is 5. The normalized spacial score (nSPS) is 11.1. The van der Waals surface area contributed by atoms with Crippen molar-refractivity contribution in [2.45, 2.75) is 26.6 Å². The highest BCUT2D eigenvalue weighted by Crippen LogP contribution is 2.28. The summed E-state index contributed by atoms with van der Waals surface area (Å²) in [5.74, 6) is -0.481. The van der Waals surface area contributed by atoms with E-state index in [1.54, 1.807) is 26.0 Å². The molecule has 2 aromatic heterocycles. The number of ether oxygens (including phenoxy) is 1. The van der Waals surface area contributed by atoms with Crippen molar-refractivity contribution in [2.24, 2.45) is 0 Å². The monoisotopic (exact) mass is 434 g/mol. The Morgan fingerprint density at radius 2 is 1.84 bits per heavy atom. The highest BCUT2D eigenvalue weighted by molar-refractivity contribution is 5.98. The summed E-state index contributed by atoms with van der Waals surface area (Å²) < 4.78 is 48.4. The molecule has 0 unspecified atom stereocenters. The fourth-order valence-electron chi connectivity index (χ4n) is 2.54. The minimum absolute atomic E-state index is 0.192. The van der Waals surface area contributed by atoms with Crippen LogP contribution in [0.4, 0.5) is 13.2 Å². The number of hydrazine groups is 1. The van der Waals surface area contributed by atoms with Gasteiger partial charge in [0.25, 0.3) is 11.8 Å². The molecule has 2 heterocycles. The van der Waals surface area contributed by atoms with Crippen LogP contribution in [0.25, 0.3) is 0 Å². The molecule has 0 atom stereocenters. The zero-order chi connectivity index (χ0) is 22.6. The molecule has 0 saturated heterocycles. The van der Waals surface area contributed by atoms with Gasteiger partial charge in [-0.05, 0) is 44.2 Å². The molecule has 0 saturated carbocycles. The average Bonchev–Trinajstić information content (AvgIpc) is 3.07. The van der Waals surface area contributed by atoms with E-state index in [0.717, 1.165) is 17.7 Å². The third-order valence-electron chi connectivity index (χ3n) is 4.27. The van der Waals surface area contributed by atoms with Crippen molar-refractivity contribution in [3.63, 3.8) is 0 Å². The Kier molecular flexibility index (Phi) is 6.23. The van der Waals surface area contributed by atoms with E-state index in [0.29, 0.717) is 23.4 Å². The Labute approximate surface area is 174 Å². The van der Waals surface area contributed by atoms with Crippen LogP contribution < -0.4 is 15.6 Å². The quantitative estimate of drug-likeness (QED) is 0.597. The summed E-state index contributed by atoms with van der Waals surface area (Å²) in [6.45, 7) is 3.74. The van der Waals surface area contributed by atoms with Gasteiger partial charge in [0.1, 0.15) is 23.8 Å². The predicted octanol–water partition coefficient (Wildman–Crippen LogP) is 3.36. The van der Waals surface area contributed by atoms with Crippen molar-refractivity contribution in [1.82, 2.24) is 21.0 Å². The predicted molar refractivity (Wildman–Crippen MR) is 101 cm³/mol. The molecule has 3 rings (SSSR count). The molecule has 0 aliphatic carbocycles. The number of hydrogen-bond acceptors (Lipinski definition) is 6. The highest BCUT2D eigenvalue weighted by Gasteiger charge is 2.31. The molecule has 162 valence electrons. The van der Waals surface area contributed by atoms with Crippen molar-refractivity contribution in [2.75, 3.05) is 0 Å². The van der Waals surface area contributed by atoms with E-state index in [1.165, 1.54) is 12.1 Å². The number of benzene rings is 1. The van der Waals surface area contributed by atoms with Crippen LogP contribution in [0.3, 0.4) is 0 Å². The van der Waals surface area contributed by atoms with Crippen LogP contribution in [0.2, 0.25) is 0 Å². The van der Waals surface area contributed by atoms with Crippen LogP contribution in [0.5, 0.6) is 5.75 Å². The van der Waals surface area contributed by atoms with Crippen molar-refractivity contribution in [3.05, 3.63) is 76.4 Å². The summed E-state index contributed by atoms with van der Waals surface area (Å²) in [5.41, 5.74) is 4.69. The zero-order valence-corrected chi connectivity index (χ0v) is 16.4. The molecule has 2 amide bonds. The van der Waals surface area contributed by atoms with Gasteiger partial charge >= 0.3 is 6.18 Å². The SMILES string of the molecule is Cc1noc(C)c1COc1cccc(C(=O)NNC(=O)c2ccc(C(F)(F)F)cn2)c1. The fraction of sp³-hybridized carbons (Fsp3) is 0.200. The van der Waals surface area contributed by atoms with Crippen molar-refractivity contribution >= 4 is 11.8 Å². The highest BCUT2D eigenvalue weighted by atomic mass is 19.4. The van der Waals surface area contributed by atoms with Crippen LogP contribution in [0, 0.1) is 13.8 Å². The zero-order valence-electron chi connectivity index (χ0n) is 16.4. The number of hydrogen-bond donors (Lipinski definition) is 2. The van der Waals surface area contributed by atoms with E-state index in [4.69, 9.17) is 9.26 Å². The number of nitrogens with one attached hydrogen (secondary N) is 2. The lowest BCUT2D eigenvalue weighted by molar-refractivity contribution is -0.137. The maximum absolute atomic E-state index is 12.6. The Morgan fingerprint density at radius 1 is 1.10 bits per heavy atom. The van der Waals surface area contributed by atoms with Gasteiger partial charge in [-0.15, -0.1) is 0 Å². The van der Waals surface area contributed by atoms with E-state index in [2.05, 4.69) is 21.0 Å². The second-order valence-electron chi connectivity index (χ2n) is 6.46. The number of halogens is 3. The summed E-state index contributed by atoms with van der Waals surface area (Å²) in [7, 11) is 0. The molecule has 2 N–H and O–H groups in total. The smallest absolute Gasteiger partial charge is 0.417 e. The summed E-state index contributed by atoms with van der Waals surface area (Å²) in [4.78, 5) is 27.7. The fourth-order valence-corrected chi connectivity index (χ4v) is 2.54. The van der Waals surface area contributed by atoms with Crippen LogP contribution in [-0.4, -0.2) is 22.0 Å². The summed E-state index contributed by atoms with van der Waals surface area (Å²) >= 11 is 0. The van der Waals surface area contributed by atoms with Gasteiger partial charge in [-0.3, -0.25) is 25.4 Å². The maximum Gasteiger partial charge on any atom is 0.417 e. The van der Waals surface area contributed by atoms with Gasteiger partial charge in [-0.25, -0.2) is 0 Å². The lowest BCUT2D eigenvalue weighted by Crippen LogP contribution is -2.42. The van der Waals surface area contributed by atoms with Crippen molar-refractivity contribution in [1.29, 1.82) is 0 Å². The molecule has 0 bridgehead atoms. The molecular weight excluding hydrogens is 417 g/mol. The number of aromatic nitrogens is 2. The third-order valence-corrected chi connectivity index (χ3v) is 4.27. The molecule has 1 aromatic carbocycles. The number of pyridine rings is 1. The first-order chi connectivity index (χ1) is 14.6. The molecule has 3 aromatic rings. The van der Waals surface area contributed by atoms with Crippen molar-refractivity contribution in [3.8, 4) is 5.75 Å². The number of nitrogens with zero attached hydrogens (tertiary/aromatic N) is 2. The largest absolute Gasteiger partial charge is 0.489 e. The maximum atomic E-state index is 12.6. The van der Waals surface area contributed by atoms with E-state index in [9.17, 15) is 22.8 Å². The minimum atomic E-state index is -4.56. The van der Waals surface area contributed by atoms with Crippen LogP contribution >= 0.6 is 0 Å². The van der Waals surface area contributed by atoms with E-state index >= 15 is 0 Å². The van der Waals surface area contributed by atoms with E-state index in [1.807, 2.05) is 0 Å². The Bertz CT molecular complexity index is 1080. The lowest BCUT2D eigenvalue weighted by atomic mass is 10.2. The lowest BCUT2D eigenvalue weighted by Gasteiger charge is -2.10. The number of carbonyl (C=O) groups excluding carboxylic acids is 2. The number of alkyl halides is 3. The van der Waals surface area contributed by atoms with Crippen LogP contribution in [0.1, 0.15) is 43.4 Å². The molecule has 0 aliphatic rings. The van der Waals surface area contributed by atoms with Gasteiger partial charge in [0.05, 0.1) is 16.8 Å². The second-order valence-corrected chi connectivity index (χ2v) is 6.46. The molecule has 11 heteroatoms. The first-order valence-corrected chi connectivity index (χ1v) is 8.93. The Morgan fingerprint density at radius 3 is 2.45 bits per heavy atom. The van der Waals surface area contributed by atoms with Gasteiger partial charge < -0.3 is 9.26 Å². The molecule has 0 aliphatic heterocycles. The molecule has 0 spiro atoms. The van der Waals surface area contributed by atoms with Gasteiger partial charge in [0.15, 0.2) is 0 Å². The average molecular weight is 434 g/mol. The van der Waals surface area contributed by atoms with Gasteiger partial charge in [-0.1, -0.05) is 11.2 Å². The van der Waals surface area contributed by atoms with E-state index < -0.39 is 23.6 Å². The van der Waals surface area contributed by atoms with Crippen LogP contribution in [0.15, 0.2) is 47.1 Å². The van der Waals surface area contributed by atoms with Gasteiger partial charge in [0, 0.05) is 11.8 Å². The number of amides is 2. The Hall–Kier alpha value is -3.89. The minimum Gasteiger partial charge on any atom is -0.489 e. The topological polar surface area (TPSA) is 106 Å².